The van der Waals surface area contributed by atoms with E-state index in [9.17, 15) is 9.59 Å². The Morgan fingerprint density at radius 2 is 1.82 bits per heavy atom. The van der Waals surface area contributed by atoms with E-state index in [1.807, 2.05) is 0 Å². The number of halogens is 1. The van der Waals surface area contributed by atoms with Gasteiger partial charge in [0.05, 0.1) is 0 Å². The van der Waals surface area contributed by atoms with Crippen LogP contribution in [-0.2, 0) is 14.3 Å². The van der Waals surface area contributed by atoms with Gasteiger partial charge in [-0.1, -0.05) is 15.9 Å². The molecule has 0 amide bonds. The molecule has 0 aliphatic carbocycles. The minimum atomic E-state index is -1.35. The summed E-state index contributed by atoms with van der Waals surface area (Å²) >= 11 is 2.66. The van der Waals surface area contributed by atoms with Gasteiger partial charge in [-0.05, 0) is 0 Å². The first-order valence-corrected chi connectivity index (χ1v) is 3.54. The topological polar surface area (TPSA) is 83.8 Å². The molecule has 5 nitrogen and oxygen atoms in total. The fourth-order valence-corrected chi connectivity index (χ4v) is 0.917. The zero-order chi connectivity index (χ0) is 9.02. The Labute approximate surface area is 71.1 Å². The zero-order valence-corrected chi connectivity index (χ0v) is 7.24. The Balaban J connectivity index is 4.25. The third kappa shape index (κ3) is 2.85. The average Bonchev–Trinajstić information content (AvgIpc) is 1.88. The number of carboxylic acid groups (broad SMARTS) is 2. The summed E-state index contributed by atoms with van der Waals surface area (Å²) in [6.07, 6.45) is -1.35. The van der Waals surface area contributed by atoms with Gasteiger partial charge in [0.15, 0.2) is 6.10 Å². The van der Waals surface area contributed by atoms with Crippen molar-refractivity contribution >= 4 is 27.9 Å². The number of rotatable bonds is 4. The van der Waals surface area contributed by atoms with E-state index in [1.165, 1.54) is 0 Å². The Morgan fingerprint density at radius 3 is 1.91 bits per heavy atom. The highest BCUT2D eigenvalue weighted by Gasteiger charge is 2.31. The van der Waals surface area contributed by atoms with Crippen LogP contribution >= 0.6 is 15.9 Å². The van der Waals surface area contributed by atoms with Crippen LogP contribution < -0.4 is 0 Å². The second-order valence-electron chi connectivity index (χ2n) is 1.73. The molecule has 0 heterocycles. The molecule has 64 valence electrons. The molecule has 0 unspecified atom stereocenters. The van der Waals surface area contributed by atoms with Crippen LogP contribution in [-0.4, -0.2) is 40.2 Å². The standard InChI is InChI=1S/C5H7BrO5/c1-11-3(5(9)10)2(6)4(7)8/h2-3H,1H3,(H,7,8)(H,9,10)/t2-,3-/m0/s1. The third-order valence-corrected chi connectivity index (χ3v) is 1.87. The van der Waals surface area contributed by atoms with E-state index in [2.05, 4.69) is 20.7 Å². The number of alkyl halides is 1. The van der Waals surface area contributed by atoms with Crippen LogP contribution in [0.2, 0.25) is 0 Å². The van der Waals surface area contributed by atoms with Crippen molar-refractivity contribution in [2.45, 2.75) is 10.9 Å². The molecule has 0 aromatic heterocycles. The van der Waals surface area contributed by atoms with Crippen molar-refractivity contribution in [2.24, 2.45) is 0 Å². The van der Waals surface area contributed by atoms with E-state index >= 15 is 0 Å². The molecule has 0 saturated heterocycles. The fraction of sp³-hybridized carbons (Fsp3) is 0.600. The summed E-state index contributed by atoms with van der Waals surface area (Å²) in [6.45, 7) is 0. The van der Waals surface area contributed by atoms with Crippen LogP contribution in [0.25, 0.3) is 0 Å². The van der Waals surface area contributed by atoms with Crippen molar-refractivity contribution in [3.8, 4) is 0 Å². The van der Waals surface area contributed by atoms with E-state index in [0.717, 1.165) is 7.11 Å². The van der Waals surface area contributed by atoms with Crippen molar-refractivity contribution in [2.75, 3.05) is 7.11 Å². The Hall–Kier alpha value is -0.620. The minimum absolute atomic E-state index is 1.13. The van der Waals surface area contributed by atoms with E-state index in [0.29, 0.717) is 0 Å². The largest absolute Gasteiger partial charge is 0.480 e. The van der Waals surface area contributed by atoms with Gasteiger partial charge in [0.2, 0.25) is 0 Å². The van der Waals surface area contributed by atoms with E-state index in [1.54, 1.807) is 0 Å². The number of methoxy groups -OCH3 is 1. The lowest BCUT2D eigenvalue weighted by molar-refractivity contribution is -0.153. The molecule has 0 bridgehead atoms. The van der Waals surface area contributed by atoms with Gasteiger partial charge in [0.1, 0.15) is 4.83 Å². The molecule has 0 saturated carbocycles. The van der Waals surface area contributed by atoms with Crippen LogP contribution in [0.1, 0.15) is 0 Å². The van der Waals surface area contributed by atoms with Crippen LogP contribution in [0.4, 0.5) is 0 Å². The normalized spacial score (nSPS) is 15.5. The summed E-state index contributed by atoms with van der Waals surface area (Å²) in [5.41, 5.74) is 0. The molecule has 0 aliphatic rings. The highest BCUT2D eigenvalue weighted by Crippen LogP contribution is 2.09. The lowest BCUT2D eigenvalue weighted by atomic mass is 10.2. The summed E-state index contributed by atoms with van der Waals surface area (Å²) in [7, 11) is 1.13. The highest BCUT2D eigenvalue weighted by molar-refractivity contribution is 9.10. The van der Waals surface area contributed by atoms with Gasteiger partial charge < -0.3 is 14.9 Å². The summed E-state index contributed by atoms with van der Waals surface area (Å²) in [4.78, 5) is 19.3. The zero-order valence-electron chi connectivity index (χ0n) is 5.65. The van der Waals surface area contributed by atoms with Crippen LogP contribution in [0, 0.1) is 0 Å². The lowest BCUT2D eigenvalue weighted by Gasteiger charge is -2.12. The maximum atomic E-state index is 10.3. The molecule has 0 aliphatic heterocycles. The predicted octanol–water partition coefficient (Wildman–Crippen LogP) is -0.0659. The van der Waals surface area contributed by atoms with Crippen molar-refractivity contribution in [3.05, 3.63) is 0 Å². The smallest absolute Gasteiger partial charge is 0.334 e. The Kier molecular flexibility index (Phi) is 4.06. The van der Waals surface area contributed by atoms with Crippen molar-refractivity contribution in [1.29, 1.82) is 0 Å². The maximum Gasteiger partial charge on any atom is 0.334 e. The highest BCUT2D eigenvalue weighted by atomic mass is 79.9. The number of aliphatic carboxylic acids is 2. The minimum Gasteiger partial charge on any atom is -0.480 e. The molecule has 2 N–H and O–H groups in total. The first kappa shape index (κ1) is 10.4. The summed E-state index contributed by atoms with van der Waals surface area (Å²) < 4.78 is 4.41. The van der Waals surface area contributed by atoms with Gasteiger partial charge in [-0.3, -0.25) is 4.79 Å². The molecular formula is C5H7BrO5. The summed E-state index contributed by atoms with van der Waals surface area (Å²) in [5, 5.41) is 16.7. The molecule has 0 aromatic rings. The van der Waals surface area contributed by atoms with Crippen LogP contribution in [0.3, 0.4) is 0 Å². The molecule has 2 atom stereocenters. The Bertz CT molecular complexity index is 168. The average molecular weight is 227 g/mol. The summed E-state index contributed by atoms with van der Waals surface area (Å²) in [6, 6.07) is 0. The van der Waals surface area contributed by atoms with Gasteiger partial charge in [-0.15, -0.1) is 0 Å². The van der Waals surface area contributed by atoms with Gasteiger partial charge in [0, 0.05) is 7.11 Å². The van der Waals surface area contributed by atoms with Crippen molar-refractivity contribution in [1.82, 2.24) is 0 Å². The van der Waals surface area contributed by atoms with E-state index < -0.39 is 22.9 Å². The first-order chi connectivity index (χ1) is 5.00. The van der Waals surface area contributed by atoms with Gasteiger partial charge in [-0.25, -0.2) is 4.79 Å². The van der Waals surface area contributed by atoms with E-state index in [4.69, 9.17) is 10.2 Å². The third-order valence-electron chi connectivity index (χ3n) is 0.999. The molecule has 0 spiro atoms. The first-order valence-electron chi connectivity index (χ1n) is 2.63. The number of carboxylic acids is 2. The number of hydrogen-bond donors (Lipinski definition) is 2. The van der Waals surface area contributed by atoms with Crippen LogP contribution in [0.15, 0.2) is 0 Å². The molecule has 0 aromatic carbocycles. The number of ether oxygens (including phenoxy) is 1. The number of hydrogen-bond acceptors (Lipinski definition) is 3. The summed E-state index contributed by atoms with van der Waals surface area (Å²) in [5.74, 6) is -2.57. The van der Waals surface area contributed by atoms with Crippen molar-refractivity contribution < 1.29 is 24.5 Å². The predicted molar refractivity (Wildman–Crippen MR) is 38.8 cm³/mol. The van der Waals surface area contributed by atoms with Gasteiger partial charge in [0.25, 0.3) is 0 Å². The lowest BCUT2D eigenvalue weighted by Crippen LogP contribution is -2.36. The monoisotopic (exact) mass is 226 g/mol. The maximum absolute atomic E-state index is 10.3. The second kappa shape index (κ2) is 4.30. The van der Waals surface area contributed by atoms with Gasteiger partial charge >= 0.3 is 11.9 Å². The molecular weight excluding hydrogens is 220 g/mol. The van der Waals surface area contributed by atoms with E-state index in [-0.39, 0.29) is 0 Å². The quantitative estimate of drug-likeness (QED) is 0.657. The van der Waals surface area contributed by atoms with Crippen LogP contribution in [0.5, 0.6) is 0 Å². The number of carbonyl (C=O) groups is 2. The second-order valence-corrected chi connectivity index (χ2v) is 2.72. The molecule has 0 rings (SSSR count). The molecule has 6 heteroatoms. The Morgan fingerprint density at radius 1 is 1.36 bits per heavy atom. The SMILES string of the molecule is CO[C@H](C(=O)O)[C@H](Br)C(=O)O. The van der Waals surface area contributed by atoms with Gasteiger partial charge in [-0.2, -0.15) is 0 Å². The molecule has 11 heavy (non-hydrogen) atoms. The fourth-order valence-electron chi connectivity index (χ4n) is 0.475. The molecule has 0 radical (unpaired) electrons. The van der Waals surface area contributed by atoms with Crippen molar-refractivity contribution in [3.63, 3.8) is 0 Å². The molecule has 0 fully saturated rings.